The van der Waals surface area contributed by atoms with Crippen molar-refractivity contribution in [3.8, 4) is 6.07 Å². The van der Waals surface area contributed by atoms with Gasteiger partial charge in [0.2, 0.25) is 0 Å². The average molecular weight is 241 g/mol. The van der Waals surface area contributed by atoms with Crippen molar-refractivity contribution in [1.82, 2.24) is 10.2 Å². The van der Waals surface area contributed by atoms with Crippen molar-refractivity contribution < 1.29 is 0 Å². The minimum absolute atomic E-state index is 0.173. The quantitative estimate of drug-likeness (QED) is 0.566. The molecule has 0 spiro atoms. The zero-order valence-electron chi connectivity index (χ0n) is 9.06. The van der Waals surface area contributed by atoms with Gasteiger partial charge in [0.1, 0.15) is 5.51 Å². The number of aromatic nitrogens is 2. The number of nitrogens with zero attached hydrogens (tertiary/aromatic N) is 3. The Balaban J connectivity index is 2.06. The molecule has 0 aliphatic heterocycles. The smallest absolute Gasteiger partial charge is 0.174 e. The molecule has 0 amide bonds. The molecule has 0 N–H and O–H groups in total. The van der Waals surface area contributed by atoms with Gasteiger partial charge in [-0.05, 0) is 26.7 Å². The van der Waals surface area contributed by atoms with Gasteiger partial charge in [0.15, 0.2) is 4.34 Å². The molecule has 1 aromatic heterocycles. The van der Waals surface area contributed by atoms with Crippen molar-refractivity contribution in [3.63, 3.8) is 0 Å². The highest BCUT2D eigenvalue weighted by atomic mass is 32.2. The second-order valence-corrected chi connectivity index (χ2v) is 6.18. The van der Waals surface area contributed by atoms with E-state index in [9.17, 15) is 0 Å². The van der Waals surface area contributed by atoms with Crippen molar-refractivity contribution in [2.24, 2.45) is 5.41 Å². The molecule has 0 radical (unpaired) electrons. The van der Waals surface area contributed by atoms with E-state index in [0.29, 0.717) is 0 Å². The molecule has 0 aromatic carbocycles. The second kappa shape index (κ2) is 6.09. The number of thioether (sulfide) groups is 1. The van der Waals surface area contributed by atoms with E-state index in [0.717, 1.165) is 29.4 Å². The van der Waals surface area contributed by atoms with E-state index in [1.807, 2.05) is 13.8 Å². The Morgan fingerprint density at radius 2 is 2.33 bits per heavy atom. The van der Waals surface area contributed by atoms with Crippen molar-refractivity contribution in [2.75, 3.05) is 5.75 Å². The predicted octanol–water partition coefficient (Wildman–Crippen LogP) is 3.35. The van der Waals surface area contributed by atoms with Gasteiger partial charge in [-0.3, -0.25) is 0 Å². The van der Waals surface area contributed by atoms with E-state index in [-0.39, 0.29) is 5.41 Å². The summed E-state index contributed by atoms with van der Waals surface area (Å²) in [6.45, 7) is 3.98. The Hall–Kier alpha value is -0.600. The third kappa shape index (κ3) is 5.14. The van der Waals surface area contributed by atoms with Crippen LogP contribution in [-0.4, -0.2) is 16.0 Å². The van der Waals surface area contributed by atoms with Crippen LogP contribution in [0, 0.1) is 16.7 Å². The summed E-state index contributed by atoms with van der Waals surface area (Å²) in [4.78, 5) is 0. The first-order valence-corrected chi connectivity index (χ1v) is 6.81. The number of hydrogen-bond acceptors (Lipinski definition) is 5. The minimum atomic E-state index is -0.173. The number of nitriles is 1. The molecule has 0 saturated heterocycles. The van der Waals surface area contributed by atoms with E-state index < -0.39 is 0 Å². The fourth-order valence-electron chi connectivity index (χ4n) is 1.11. The summed E-state index contributed by atoms with van der Waals surface area (Å²) in [5.74, 6) is 1.07. The normalized spacial score (nSPS) is 11.3. The van der Waals surface area contributed by atoms with Crippen LogP contribution in [-0.2, 0) is 0 Å². The van der Waals surface area contributed by atoms with Crippen LogP contribution < -0.4 is 0 Å². The Bertz CT molecular complexity index is 314. The predicted molar refractivity (Wildman–Crippen MR) is 63.9 cm³/mol. The summed E-state index contributed by atoms with van der Waals surface area (Å²) < 4.78 is 1.04. The molecule has 0 fully saturated rings. The number of unbranched alkanes of at least 4 members (excludes halogenated alkanes) is 1. The largest absolute Gasteiger partial charge is 0.198 e. The molecule has 0 bridgehead atoms. The van der Waals surface area contributed by atoms with Crippen molar-refractivity contribution in [3.05, 3.63) is 5.51 Å². The molecule has 0 aliphatic carbocycles. The van der Waals surface area contributed by atoms with Crippen LogP contribution in [0.15, 0.2) is 9.85 Å². The van der Waals surface area contributed by atoms with Crippen LogP contribution in [0.25, 0.3) is 0 Å². The van der Waals surface area contributed by atoms with Crippen LogP contribution >= 0.6 is 23.1 Å². The monoisotopic (exact) mass is 241 g/mol. The van der Waals surface area contributed by atoms with E-state index >= 15 is 0 Å². The molecular weight excluding hydrogens is 226 g/mol. The average Bonchev–Trinajstić information content (AvgIpc) is 2.70. The zero-order chi connectivity index (χ0) is 11.1. The van der Waals surface area contributed by atoms with E-state index in [1.165, 1.54) is 0 Å². The molecular formula is C10H15N3S2. The summed E-state index contributed by atoms with van der Waals surface area (Å²) in [6.07, 6.45) is 3.21. The Morgan fingerprint density at radius 1 is 1.53 bits per heavy atom. The summed E-state index contributed by atoms with van der Waals surface area (Å²) in [6, 6.07) is 2.32. The van der Waals surface area contributed by atoms with Crippen LogP contribution in [0.1, 0.15) is 33.1 Å². The lowest BCUT2D eigenvalue weighted by Gasteiger charge is -2.13. The molecule has 1 heterocycles. The van der Waals surface area contributed by atoms with Crippen molar-refractivity contribution in [2.45, 2.75) is 37.4 Å². The first kappa shape index (κ1) is 12.5. The fraction of sp³-hybridized carbons (Fsp3) is 0.700. The van der Waals surface area contributed by atoms with Crippen molar-refractivity contribution in [1.29, 1.82) is 5.26 Å². The summed E-state index contributed by atoms with van der Waals surface area (Å²) >= 11 is 3.33. The topological polar surface area (TPSA) is 49.6 Å². The second-order valence-electron chi connectivity index (χ2n) is 4.01. The first-order valence-electron chi connectivity index (χ1n) is 4.94. The van der Waals surface area contributed by atoms with Crippen molar-refractivity contribution >= 4 is 23.1 Å². The molecule has 0 saturated carbocycles. The third-order valence-corrected chi connectivity index (χ3v) is 4.01. The summed E-state index contributed by atoms with van der Waals surface area (Å²) in [5.41, 5.74) is 1.58. The number of rotatable bonds is 6. The molecule has 3 nitrogen and oxygen atoms in total. The third-order valence-electron chi connectivity index (χ3n) is 2.06. The van der Waals surface area contributed by atoms with Crippen LogP contribution in [0.2, 0.25) is 0 Å². The SMILES string of the molecule is CC(C)(C#N)CCCCSc1nncs1. The molecule has 1 aromatic rings. The van der Waals surface area contributed by atoms with Gasteiger partial charge in [-0.25, -0.2) is 0 Å². The lowest BCUT2D eigenvalue weighted by Crippen LogP contribution is -2.07. The molecule has 0 unspecified atom stereocenters. The lowest BCUT2D eigenvalue weighted by atomic mass is 9.89. The molecule has 0 aliphatic rings. The van der Waals surface area contributed by atoms with Gasteiger partial charge in [0, 0.05) is 5.75 Å². The van der Waals surface area contributed by atoms with Gasteiger partial charge in [0.05, 0.1) is 11.5 Å². The van der Waals surface area contributed by atoms with Gasteiger partial charge < -0.3 is 0 Å². The Labute approximate surface area is 98.9 Å². The highest BCUT2D eigenvalue weighted by molar-refractivity contribution is 8.00. The van der Waals surface area contributed by atoms with Crippen LogP contribution in [0.3, 0.4) is 0 Å². The molecule has 82 valence electrons. The minimum Gasteiger partial charge on any atom is -0.198 e. The number of hydrogen-bond donors (Lipinski definition) is 0. The Morgan fingerprint density at radius 3 is 2.93 bits per heavy atom. The van der Waals surface area contributed by atoms with Gasteiger partial charge in [-0.2, -0.15) is 5.26 Å². The molecule has 15 heavy (non-hydrogen) atoms. The van der Waals surface area contributed by atoms with Gasteiger partial charge in [0.25, 0.3) is 0 Å². The maximum Gasteiger partial charge on any atom is 0.174 e. The molecule has 0 atom stereocenters. The van der Waals surface area contributed by atoms with Gasteiger partial charge in [-0.1, -0.05) is 29.5 Å². The Kier molecular flexibility index (Phi) is 5.06. The maximum absolute atomic E-state index is 8.83. The standard InChI is InChI=1S/C10H15N3S2/c1-10(2,7-11)5-3-4-6-14-9-13-12-8-15-9/h8H,3-6H2,1-2H3. The molecule has 5 heteroatoms. The van der Waals surface area contributed by atoms with Gasteiger partial charge in [-0.15, -0.1) is 10.2 Å². The van der Waals surface area contributed by atoms with E-state index in [2.05, 4.69) is 16.3 Å². The fourth-order valence-corrected chi connectivity index (χ4v) is 2.67. The van der Waals surface area contributed by atoms with E-state index in [4.69, 9.17) is 5.26 Å². The highest BCUT2D eigenvalue weighted by Gasteiger charge is 2.15. The van der Waals surface area contributed by atoms with E-state index in [1.54, 1.807) is 28.6 Å². The molecule has 1 rings (SSSR count). The zero-order valence-corrected chi connectivity index (χ0v) is 10.7. The summed E-state index contributed by atoms with van der Waals surface area (Å²) in [5, 5.41) is 16.6. The van der Waals surface area contributed by atoms with Gasteiger partial charge >= 0.3 is 0 Å². The summed E-state index contributed by atoms with van der Waals surface area (Å²) in [7, 11) is 0. The maximum atomic E-state index is 8.83. The lowest BCUT2D eigenvalue weighted by molar-refractivity contribution is 0.433. The first-order chi connectivity index (χ1) is 7.14. The van der Waals surface area contributed by atoms with Crippen LogP contribution in [0.4, 0.5) is 0 Å². The highest BCUT2D eigenvalue weighted by Crippen LogP contribution is 2.24. The van der Waals surface area contributed by atoms with Crippen LogP contribution in [0.5, 0.6) is 0 Å².